The summed E-state index contributed by atoms with van der Waals surface area (Å²) in [6, 6.07) is 10.9. The van der Waals surface area contributed by atoms with Crippen LogP contribution < -0.4 is 5.73 Å². The van der Waals surface area contributed by atoms with Gasteiger partial charge < -0.3 is 5.73 Å². The number of hydrogen-bond acceptors (Lipinski definition) is 2. The lowest BCUT2D eigenvalue weighted by Gasteiger charge is -2.04. The van der Waals surface area contributed by atoms with Crippen LogP contribution in [0.1, 0.15) is 26.2 Å². The molecule has 1 aromatic rings. The molecule has 0 aromatic heterocycles. The molecular weight excluding hydrogens is 190 g/mol. The summed E-state index contributed by atoms with van der Waals surface area (Å²) in [6.07, 6.45) is 3.66. The van der Waals surface area contributed by atoms with Gasteiger partial charge in [0.1, 0.15) is 0 Å². The predicted molar refractivity (Wildman–Crippen MR) is 64.7 cm³/mol. The number of hydrogen-bond donors (Lipinski definition) is 1. The van der Waals surface area contributed by atoms with Crippen LogP contribution in [0, 0.1) is 0 Å². The molecule has 78 valence electrons. The number of unbranched alkanes of at least 4 members (excludes halogenated alkanes) is 1. The lowest BCUT2D eigenvalue weighted by molar-refractivity contribution is 0.618. The van der Waals surface area contributed by atoms with Crippen molar-refractivity contribution in [1.82, 2.24) is 0 Å². The maximum absolute atomic E-state index is 5.68. The highest BCUT2D eigenvalue weighted by Gasteiger charge is 1.95. The van der Waals surface area contributed by atoms with Crippen molar-refractivity contribution in [1.29, 1.82) is 0 Å². The van der Waals surface area contributed by atoms with Crippen LogP contribution in [0.15, 0.2) is 35.2 Å². The number of nitrogens with two attached hydrogens (primary N) is 1. The molecule has 2 N–H and O–H groups in total. The van der Waals surface area contributed by atoms with Crippen LogP contribution in [-0.2, 0) is 0 Å². The van der Waals surface area contributed by atoms with Gasteiger partial charge in [-0.05, 0) is 37.7 Å². The summed E-state index contributed by atoms with van der Waals surface area (Å²) in [5.41, 5.74) is 5.68. The van der Waals surface area contributed by atoms with Crippen LogP contribution in [0.3, 0.4) is 0 Å². The van der Waals surface area contributed by atoms with E-state index in [-0.39, 0.29) is 0 Å². The molecule has 1 rings (SSSR count). The molecule has 0 heterocycles. The van der Waals surface area contributed by atoms with Crippen LogP contribution >= 0.6 is 11.8 Å². The first-order chi connectivity index (χ1) is 6.79. The van der Waals surface area contributed by atoms with E-state index in [2.05, 4.69) is 37.3 Å². The number of rotatable bonds is 6. The van der Waals surface area contributed by atoms with Crippen LogP contribution in [0.25, 0.3) is 0 Å². The van der Waals surface area contributed by atoms with Crippen molar-refractivity contribution >= 4 is 11.8 Å². The second-order valence-electron chi connectivity index (χ2n) is 3.63. The fourth-order valence-electron chi connectivity index (χ4n) is 1.28. The SMILES string of the molecule is CC(N)CCCCSc1ccccc1. The molecule has 0 saturated heterocycles. The molecule has 0 bridgehead atoms. The van der Waals surface area contributed by atoms with Gasteiger partial charge in [-0.2, -0.15) is 0 Å². The highest BCUT2D eigenvalue weighted by molar-refractivity contribution is 7.99. The largest absolute Gasteiger partial charge is 0.328 e. The minimum Gasteiger partial charge on any atom is -0.328 e. The van der Waals surface area contributed by atoms with Crippen LogP contribution in [-0.4, -0.2) is 11.8 Å². The Hall–Kier alpha value is -0.470. The third-order valence-electron chi connectivity index (χ3n) is 2.07. The summed E-state index contributed by atoms with van der Waals surface area (Å²) in [5.74, 6) is 1.21. The van der Waals surface area contributed by atoms with Gasteiger partial charge in [-0.1, -0.05) is 24.6 Å². The standard InChI is InChI=1S/C12H19NS/c1-11(13)7-5-6-10-14-12-8-3-2-4-9-12/h2-4,8-9,11H,5-7,10,13H2,1H3. The predicted octanol–water partition coefficient (Wildman–Crippen LogP) is 3.30. The van der Waals surface area contributed by atoms with E-state index in [1.165, 1.54) is 23.5 Å². The lowest BCUT2D eigenvalue weighted by Crippen LogP contribution is -2.13. The van der Waals surface area contributed by atoms with E-state index in [4.69, 9.17) is 5.73 Å². The maximum Gasteiger partial charge on any atom is 0.00719 e. The van der Waals surface area contributed by atoms with E-state index in [0.717, 1.165) is 6.42 Å². The molecule has 0 fully saturated rings. The van der Waals surface area contributed by atoms with Gasteiger partial charge in [0.05, 0.1) is 0 Å². The van der Waals surface area contributed by atoms with E-state index in [0.29, 0.717) is 6.04 Å². The Kier molecular flexibility index (Phi) is 5.72. The third-order valence-corrected chi connectivity index (χ3v) is 3.16. The fraction of sp³-hybridized carbons (Fsp3) is 0.500. The first-order valence-corrected chi connectivity index (χ1v) is 6.21. The summed E-state index contributed by atoms with van der Waals surface area (Å²) in [5, 5.41) is 0. The van der Waals surface area contributed by atoms with Crippen molar-refractivity contribution in [3.8, 4) is 0 Å². The van der Waals surface area contributed by atoms with E-state index in [1.54, 1.807) is 0 Å². The minimum atomic E-state index is 0.358. The normalized spacial score (nSPS) is 12.7. The molecule has 0 radical (unpaired) electrons. The number of benzene rings is 1. The van der Waals surface area contributed by atoms with Crippen LogP contribution in [0.5, 0.6) is 0 Å². The van der Waals surface area contributed by atoms with Crippen LogP contribution in [0.4, 0.5) is 0 Å². The summed E-state index contributed by atoms with van der Waals surface area (Å²) < 4.78 is 0. The first kappa shape index (κ1) is 11.6. The van der Waals surface area contributed by atoms with Crippen molar-refractivity contribution in [3.05, 3.63) is 30.3 Å². The zero-order valence-corrected chi connectivity index (χ0v) is 9.59. The van der Waals surface area contributed by atoms with E-state index < -0.39 is 0 Å². The van der Waals surface area contributed by atoms with E-state index in [1.807, 2.05) is 11.8 Å². The lowest BCUT2D eigenvalue weighted by atomic mass is 10.2. The van der Waals surface area contributed by atoms with E-state index >= 15 is 0 Å². The van der Waals surface area contributed by atoms with Crippen molar-refractivity contribution in [2.45, 2.75) is 37.1 Å². The zero-order valence-electron chi connectivity index (χ0n) is 8.78. The fourth-order valence-corrected chi connectivity index (χ4v) is 2.21. The molecule has 0 aliphatic rings. The first-order valence-electron chi connectivity index (χ1n) is 5.22. The molecule has 0 aliphatic heterocycles. The van der Waals surface area contributed by atoms with E-state index in [9.17, 15) is 0 Å². The second kappa shape index (κ2) is 6.91. The monoisotopic (exact) mass is 209 g/mol. The Balaban J connectivity index is 2.05. The Morgan fingerprint density at radius 2 is 1.93 bits per heavy atom. The van der Waals surface area contributed by atoms with Gasteiger partial charge in [0.2, 0.25) is 0 Å². The molecule has 0 saturated carbocycles. The van der Waals surface area contributed by atoms with Crippen molar-refractivity contribution in [3.63, 3.8) is 0 Å². The van der Waals surface area contributed by atoms with Gasteiger partial charge >= 0.3 is 0 Å². The minimum absolute atomic E-state index is 0.358. The highest BCUT2D eigenvalue weighted by Crippen LogP contribution is 2.18. The quantitative estimate of drug-likeness (QED) is 0.574. The van der Waals surface area contributed by atoms with Crippen molar-refractivity contribution < 1.29 is 0 Å². The summed E-state index contributed by atoms with van der Waals surface area (Å²) in [7, 11) is 0. The summed E-state index contributed by atoms with van der Waals surface area (Å²) >= 11 is 1.93. The van der Waals surface area contributed by atoms with Crippen molar-refractivity contribution in [2.24, 2.45) is 5.73 Å². The van der Waals surface area contributed by atoms with Gasteiger partial charge in [-0.3, -0.25) is 0 Å². The molecule has 2 heteroatoms. The highest BCUT2D eigenvalue weighted by atomic mass is 32.2. The molecule has 0 aliphatic carbocycles. The van der Waals surface area contributed by atoms with Gasteiger partial charge in [0.25, 0.3) is 0 Å². The molecule has 1 atom stereocenters. The topological polar surface area (TPSA) is 26.0 Å². The molecule has 14 heavy (non-hydrogen) atoms. The van der Waals surface area contributed by atoms with Crippen LogP contribution in [0.2, 0.25) is 0 Å². The Morgan fingerprint density at radius 3 is 2.57 bits per heavy atom. The molecule has 0 spiro atoms. The number of thioether (sulfide) groups is 1. The third kappa shape index (κ3) is 5.30. The summed E-state index contributed by atoms with van der Waals surface area (Å²) in [6.45, 7) is 2.07. The van der Waals surface area contributed by atoms with Gasteiger partial charge in [-0.25, -0.2) is 0 Å². The molecular formula is C12H19NS. The zero-order chi connectivity index (χ0) is 10.2. The van der Waals surface area contributed by atoms with Gasteiger partial charge in [0.15, 0.2) is 0 Å². The smallest absolute Gasteiger partial charge is 0.00719 e. The second-order valence-corrected chi connectivity index (χ2v) is 4.80. The van der Waals surface area contributed by atoms with Gasteiger partial charge in [-0.15, -0.1) is 11.8 Å². The Labute approximate surface area is 91.1 Å². The average molecular weight is 209 g/mol. The molecule has 1 aromatic carbocycles. The summed E-state index contributed by atoms with van der Waals surface area (Å²) in [4.78, 5) is 1.37. The Bertz CT molecular complexity index is 233. The van der Waals surface area contributed by atoms with Gasteiger partial charge in [0, 0.05) is 10.9 Å². The van der Waals surface area contributed by atoms with Crippen molar-refractivity contribution in [2.75, 3.05) is 5.75 Å². The molecule has 1 nitrogen and oxygen atoms in total. The maximum atomic E-state index is 5.68. The molecule has 1 unspecified atom stereocenters. The Morgan fingerprint density at radius 1 is 1.21 bits per heavy atom. The average Bonchev–Trinajstić information content (AvgIpc) is 2.18. The molecule has 0 amide bonds.